The lowest BCUT2D eigenvalue weighted by Gasteiger charge is -2.37. The molecular weight excluding hydrogens is 1010 g/mol. The van der Waals surface area contributed by atoms with E-state index in [1.165, 1.54) is 23.9 Å². The molecule has 0 aliphatic carbocycles. The summed E-state index contributed by atoms with van der Waals surface area (Å²) in [5, 5.41) is 24.0. The van der Waals surface area contributed by atoms with Gasteiger partial charge < -0.3 is 34.8 Å². The van der Waals surface area contributed by atoms with Crippen LogP contribution in [-0.2, 0) is 26.4 Å². The van der Waals surface area contributed by atoms with E-state index in [1.54, 1.807) is 24.3 Å². The lowest BCUT2D eigenvalue weighted by molar-refractivity contribution is -0.0436. The van der Waals surface area contributed by atoms with E-state index in [1.807, 2.05) is 85.1 Å². The molecule has 1 aromatic heterocycles. The van der Waals surface area contributed by atoms with Crippen LogP contribution >= 0.6 is 23.4 Å². The molecule has 2 aliphatic heterocycles. The van der Waals surface area contributed by atoms with E-state index in [-0.39, 0.29) is 23.0 Å². The first-order valence-electron chi connectivity index (χ1n) is 23.6. The Kier molecular flexibility index (Phi) is 16.2. The summed E-state index contributed by atoms with van der Waals surface area (Å²) >= 11 is 7.67. The normalized spacial score (nSPS) is 15.7. The molecule has 4 N–H and O–H groups in total. The van der Waals surface area contributed by atoms with Crippen molar-refractivity contribution in [3.8, 4) is 22.4 Å². The van der Waals surface area contributed by atoms with E-state index >= 15 is 0 Å². The Hall–Kier alpha value is -5.70. The van der Waals surface area contributed by atoms with Gasteiger partial charge in [0, 0.05) is 102 Å². The molecule has 5 aromatic carbocycles. The predicted octanol–water partition coefficient (Wildman–Crippen LogP) is 10.3. The zero-order valence-corrected chi connectivity index (χ0v) is 42.9. The van der Waals surface area contributed by atoms with Crippen molar-refractivity contribution >= 4 is 71.9 Å². The Morgan fingerprint density at radius 2 is 1.46 bits per heavy atom. The van der Waals surface area contributed by atoms with E-state index in [4.69, 9.17) is 11.6 Å². The minimum Gasteiger partial charge on any atom is -0.478 e. The van der Waals surface area contributed by atoms with Crippen molar-refractivity contribution in [2.75, 3.05) is 71.4 Å². The standard InChI is InChI=1S/C52H56ClF3N6O7S3/c1-3-62-35(2)48(51(64)65)49(50(62)36-12-14-38(53)15-13-36)37-8-7-9-42(32-37)61-30-28-60(29-31-61)41-18-16-39(17-19-41)58-72(68,69)45-20-21-46(47(33-45)71(66,67)52(54,55)56)57-40(34-70-44-10-5-4-6-11-44)22-25-59-26-23-43(63)24-27-59/h4-21,32-33,40,43,57-58,63H,3,22-31,34H2,1-2H3,(H,64,65)/t40-/m1/s1. The van der Waals surface area contributed by atoms with Gasteiger partial charge in [-0.2, -0.15) is 13.2 Å². The molecule has 72 heavy (non-hydrogen) atoms. The highest BCUT2D eigenvalue weighted by Gasteiger charge is 2.48. The van der Waals surface area contributed by atoms with Crippen molar-refractivity contribution in [3.63, 3.8) is 0 Å². The van der Waals surface area contributed by atoms with Gasteiger partial charge in [-0.1, -0.05) is 54.1 Å². The third kappa shape index (κ3) is 11.9. The van der Waals surface area contributed by atoms with Crippen LogP contribution in [0.15, 0.2) is 136 Å². The van der Waals surface area contributed by atoms with Gasteiger partial charge in [0.25, 0.3) is 19.9 Å². The number of carboxylic acid groups (broad SMARTS) is 1. The Balaban J connectivity index is 0.964. The minimum atomic E-state index is -6.03. The molecule has 0 radical (unpaired) electrons. The van der Waals surface area contributed by atoms with E-state index < -0.39 is 47.2 Å². The number of alkyl halides is 3. The number of sulfone groups is 1. The molecule has 6 aromatic rings. The zero-order valence-electron chi connectivity index (χ0n) is 39.6. The van der Waals surface area contributed by atoms with Gasteiger partial charge in [0.2, 0.25) is 0 Å². The van der Waals surface area contributed by atoms with Crippen molar-refractivity contribution in [2.24, 2.45) is 0 Å². The number of aliphatic hydroxyl groups excluding tert-OH is 1. The molecule has 3 heterocycles. The number of hydrogen-bond acceptors (Lipinski definition) is 11. The first-order valence-corrected chi connectivity index (χ1v) is 27.9. The van der Waals surface area contributed by atoms with Gasteiger partial charge in [-0.15, -0.1) is 11.8 Å². The molecule has 20 heteroatoms. The summed E-state index contributed by atoms with van der Waals surface area (Å²) in [6.45, 7) is 8.63. The number of aliphatic hydroxyl groups is 1. The summed E-state index contributed by atoms with van der Waals surface area (Å²) in [5.41, 5.74) is -0.334. The molecule has 13 nitrogen and oxygen atoms in total. The van der Waals surface area contributed by atoms with Crippen LogP contribution in [-0.4, -0.2) is 112 Å². The molecule has 0 saturated carbocycles. The number of thioether (sulfide) groups is 1. The Morgan fingerprint density at radius 3 is 2.08 bits per heavy atom. The Labute approximate surface area is 427 Å². The molecule has 0 amide bonds. The monoisotopic (exact) mass is 1060 g/mol. The molecule has 2 fully saturated rings. The van der Waals surface area contributed by atoms with Crippen LogP contribution in [0.2, 0.25) is 5.02 Å². The number of sulfonamides is 1. The summed E-state index contributed by atoms with van der Waals surface area (Å²) in [6, 6.07) is 33.3. The summed E-state index contributed by atoms with van der Waals surface area (Å²) in [6.07, 6.45) is 1.23. The predicted molar refractivity (Wildman–Crippen MR) is 280 cm³/mol. The highest BCUT2D eigenvalue weighted by atomic mass is 35.5. The Bertz CT molecular complexity index is 3090. The highest BCUT2D eigenvalue weighted by Crippen LogP contribution is 2.42. The number of hydrogen-bond donors (Lipinski definition) is 4. The first kappa shape index (κ1) is 52.6. The largest absolute Gasteiger partial charge is 0.501 e. The van der Waals surface area contributed by atoms with Crippen molar-refractivity contribution in [2.45, 2.75) is 72.0 Å². The molecular formula is C52H56ClF3N6O7S3. The van der Waals surface area contributed by atoms with Gasteiger partial charge in [0.1, 0.15) is 4.90 Å². The van der Waals surface area contributed by atoms with Crippen LogP contribution in [0.4, 0.5) is 35.9 Å². The van der Waals surface area contributed by atoms with Crippen molar-refractivity contribution in [1.29, 1.82) is 0 Å². The van der Waals surface area contributed by atoms with Crippen LogP contribution in [0.25, 0.3) is 22.4 Å². The maximum atomic E-state index is 14.3. The fourth-order valence-electron chi connectivity index (χ4n) is 9.37. The summed E-state index contributed by atoms with van der Waals surface area (Å²) < 4.78 is 101. The molecule has 382 valence electrons. The average molecular weight is 1070 g/mol. The number of carboxylic acids is 1. The summed E-state index contributed by atoms with van der Waals surface area (Å²) in [4.78, 5) is 18.3. The van der Waals surface area contributed by atoms with Gasteiger partial charge in [-0.3, -0.25) is 4.72 Å². The van der Waals surface area contributed by atoms with Crippen LogP contribution in [0, 0.1) is 6.92 Å². The number of anilines is 4. The lowest BCUT2D eigenvalue weighted by Crippen LogP contribution is -2.46. The first-order chi connectivity index (χ1) is 34.3. The smallest absolute Gasteiger partial charge is 0.478 e. The Morgan fingerprint density at radius 1 is 0.806 bits per heavy atom. The van der Waals surface area contributed by atoms with Crippen molar-refractivity contribution in [1.82, 2.24) is 9.47 Å². The number of piperidine rings is 1. The molecule has 2 saturated heterocycles. The number of piperazine rings is 1. The van der Waals surface area contributed by atoms with Crippen LogP contribution in [0.5, 0.6) is 0 Å². The fraction of sp³-hybridized carbons (Fsp3) is 0.327. The second kappa shape index (κ2) is 22.2. The van der Waals surface area contributed by atoms with E-state index in [0.29, 0.717) is 99.7 Å². The maximum Gasteiger partial charge on any atom is 0.501 e. The maximum absolute atomic E-state index is 14.3. The van der Waals surface area contributed by atoms with Gasteiger partial charge in [-0.25, -0.2) is 21.6 Å². The molecule has 2 aliphatic rings. The second-order valence-electron chi connectivity index (χ2n) is 17.9. The van der Waals surface area contributed by atoms with Crippen molar-refractivity contribution in [3.05, 3.63) is 138 Å². The van der Waals surface area contributed by atoms with E-state index in [9.17, 15) is 45.0 Å². The van der Waals surface area contributed by atoms with Gasteiger partial charge >= 0.3 is 11.5 Å². The number of likely N-dealkylation sites (tertiary alicyclic amines) is 1. The second-order valence-corrected chi connectivity index (χ2v) is 23.0. The number of rotatable bonds is 18. The van der Waals surface area contributed by atoms with E-state index in [0.717, 1.165) is 45.2 Å². The van der Waals surface area contributed by atoms with Crippen LogP contribution in [0.3, 0.4) is 0 Å². The van der Waals surface area contributed by atoms with Gasteiger partial charge in [0.05, 0.1) is 27.9 Å². The SMILES string of the molecule is CCn1c(C)c(C(=O)O)c(-c2cccc(N3CCN(c4ccc(NS(=O)(=O)c5ccc(N[C@H](CCN6CCC(O)CC6)CSc6ccccc6)c(S(=O)(=O)C(F)(F)F)c5)cc4)CC3)c2)c1-c1ccc(Cl)cc1. The molecule has 1 atom stereocenters. The molecule has 0 spiro atoms. The van der Waals surface area contributed by atoms with Crippen LogP contribution < -0.4 is 19.8 Å². The number of halogens is 4. The van der Waals surface area contributed by atoms with E-state index in [2.05, 4.69) is 24.7 Å². The van der Waals surface area contributed by atoms with Gasteiger partial charge in [-0.05, 0) is 123 Å². The fourth-order valence-corrected chi connectivity index (χ4v) is 12.6. The topological polar surface area (TPSA) is 165 Å². The molecule has 0 unspecified atom stereocenters. The summed E-state index contributed by atoms with van der Waals surface area (Å²) in [5.74, 6) is -0.650. The number of aromatic carboxylic acids is 1. The third-order valence-corrected chi connectivity index (χ3v) is 17.5. The number of nitrogens with one attached hydrogen (secondary N) is 2. The van der Waals surface area contributed by atoms with Gasteiger partial charge in [0.15, 0.2) is 0 Å². The number of nitrogens with zero attached hydrogens (tertiary/aromatic N) is 4. The molecule has 0 bridgehead atoms. The third-order valence-electron chi connectivity index (χ3n) is 13.2. The number of aromatic nitrogens is 1. The summed E-state index contributed by atoms with van der Waals surface area (Å²) in [7, 11) is -10.6. The minimum absolute atomic E-state index is 0.116. The lowest BCUT2D eigenvalue weighted by atomic mass is 9.96. The van der Waals surface area contributed by atoms with Crippen molar-refractivity contribution < 1.29 is 45.0 Å². The average Bonchev–Trinajstić information content (AvgIpc) is 3.67. The quantitative estimate of drug-likeness (QED) is 0.0603. The molecule has 8 rings (SSSR count). The van der Waals surface area contributed by atoms with Crippen LogP contribution in [0.1, 0.15) is 42.2 Å². The highest BCUT2D eigenvalue weighted by molar-refractivity contribution is 7.99. The number of carbonyl (C=O) groups is 1. The number of benzene rings is 5. The zero-order chi connectivity index (χ0) is 51.4.